The maximum absolute atomic E-state index is 12.3. The standard InChI is InChI=1S/C17H13ClN4O5S/c1-27-17(24)15-11(10-4-2-3-5-12(10)18)8-28-16(15)20-14(23)7-21-6-13(19-9-21)22(25)26/h2-6,8-9H,7H2,1H3,(H,20,23). The molecule has 1 N–H and O–H groups in total. The number of aromatic nitrogens is 2. The molecule has 0 saturated heterocycles. The Bertz CT molecular complexity index is 1060. The summed E-state index contributed by atoms with van der Waals surface area (Å²) in [6.07, 6.45) is 2.33. The van der Waals surface area contributed by atoms with Crippen LogP contribution in [0.2, 0.25) is 5.02 Å². The van der Waals surface area contributed by atoms with E-state index in [1.165, 1.54) is 18.0 Å². The number of carbonyl (C=O) groups excluding carboxylic acids is 2. The van der Waals surface area contributed by atoms with Crippen LogP contribution in [0, 0.1) is 10.1 Å². The summed E-state index contributed by atoms with van der Waals surface area (Å²) in [5.41, 5.74) is 1.35. The van der Waals surface area contributed by atoms with Crippen LogP contribution < -0.4 is 5.32 Å². The van der Waals surface area contributed by atoms with Crippen molar-refractivity contribution in [3.05, 3.63) is 62.9 Å². The van der Waals surface area contributed by atoms with Crippen molar-refractivity contribution in [3.8, 4) is 11.1 Å². The van der Waals surface area contributed by atoms with Crippen molar-refractivity contribution in [2.75, 3.05) is 12.4 Å². The highest BCUT2D eigenvalue weighted by Crippen LogP contribution is 2.39. The molecule has 0 aliphatic heterocycles. The Balaban J connectivity index is 1.87. The number of nitro groups is 1. The fourth-order valence-electron chi connectivity index (χ4n) is 2.49. The number of benzene rings is 1. The third kappa shape index (κ3) is 4.02. The van der Waals surface area contributed by atoms with E-state index in [0.717, 1.165) is 17.5 Å². The van der Waals surface area contributed by atoms with E-state index in [1.807, 2.05) is 0 Å². The first-order chi connectivity index (χ1) is 13.4. The van der Waals surface area contributed by atoms with Gasteiger partial charge in [0.1, 0.15) is 23.3 Å². The molecule has 0 fully saturated rings. The Morgan fingerprint density at radius 3 is 2.75 bits per heavy atom. The predicted molar refractivity (Wildman–Crippen MR) is 104 cm³/mol. The molecule has 0 radical (unpaired) electrons. The van der Waals surface area contributed by atoms with Gasteiger partial charge in [-0.2, -0.15) is 0 Å². The summed E-state index contributed by atoms with van der Waals surface area (Å²) in [4.78, 5) is 38.3. The zero-order chi connectivity index (χ0) is 20.3. The lowest BCUT2D eigenvalue weighted by Crippen LogP contribution is -2.19. The molecule has 0 atom stereocenters. The van der Waals surface area contributed by atoms with Crippen LogP contribution in [0.4, 0.5) is 10.8 Å². The van der Waals surface area contributed by atoms with Crippen LogP contribution >= 0.6 is 22.9 Å². The van der Waals surface area contributed by atoms with Crippen molar-refractivity contribution < 1.29 is 19.2 Å². The average Bonchev–Trinajstić information content (AvgIpc) is 3.29. The minimum Gasteiger partial charge on any atom is -0.465 e. The fourth-order valence-corrected chi connectivity index (χ4v) is 3.70. The Morgan fingerprint density at radius 1 is 1.36 bits per heavy atom. The van der Waals surface area contributed by atoms with Gasteiger partial charge in [-0.05, 0) is 16.0 Å². The van der Waals surface area contributed by atoms with Crippen molar-refractivity contribution in [1.29, 1.82) is 0 Å². The van der Waals surface area contributed by atoms with Crippen molar-refractivity contribution >= 4 is 45.6 Å². The number of nitrogens with zero attached hydrogens (tertiary/aromatic N) is 3. The SMILES string of the molecule is COC(=O)c1c(-c2ccccc2Cl)csc1NC(=O)Cn1cnc([N+](=O)[O-])c1. The monoisotopic (exact) mass is 420 g/mol. The summed E-state index contributed by atoms with van der Waals surface area (Å²) < 4.78 is 6.12. The number of halogens is 1. The van der Waals surface area contributed by atoms with Crippen molar-refractivity contribution in [3.63, 3.8) is 0 Å². The zero-order valence-corrected chi connectivity index (χ0v) is 16.0. The number of anilines is 1. The van der Waals surface area contributed by atoms with Gasteiger partial charge in [-0.1, -0.05) is 29.8 Å². The van der Waals surface area contributed by atoms with Gasteiger partial charge in [0.15, 0.2) is 0 Å². The van der Waals surface area contributed by atoms with E-state index < -0.39 is 16.8 Å². The summed E-state index contributed by atoms with van der Waals surface area (Å²) in [7, 11) is 1.24. The third-order valence-electron chi connectivity index (χ3n) is 3.73. The van der Waals surface area contributed by atoms with Crippen molar-refractivity contribution in [2.45, 2.75) is 6.54 Å². The number of carbonyl (C=O) groups is 2. The Labute approximate surface area is 167 Å². The molecule has 0 aliphatic rings. The van der Waals surface area contributed by atoms with Gasteiger partial charge >= 0.3 is 11.8 Å². The first kappa shape index (κ1) is 19.5. The Kier molecular flexibility index (Phi) is 5.71. The first-order valence-corrected chi connectivity index (χ1v) is 9.07. The highest BCUT2D eigenvalue weighted by atomic mass is 35.5. The van der Waals surface area contributed by atoms with Gasteiger partial charge in [-0.3, -0.25) is 4.79 Å². The number of rotatable bonds is 6. The largest absolute Gasteiger partial charge is 0.465 e. The predicted octanol–water partition coefficient (Wildman–Crippen LogP) is 3.60. The van der Waals surface area contributed by atoms with Crippen LogP contribution in [0.25, 0.3) is 11.1 Å². The molecular formula is C17H13ClN4O5S. The molecule has 1 aromatic carbocycles. The van der Waals surface area contributed by atoms with Crippen molar-refractivity contribution in [1.82, 2.24) is 9.55 Å². The lowest BCUT2D eigenvalue weighted by atomic mass is 10.0. The number of nitrogens with one attached hydrogen (secondary N) is 1. The molecule has 9 nitrogen and oxygen atoms in total. The molecule has 0 bridgehead atoms. The Hall–Kier alpha value is -3.24. The second-order valence-corrected chi connectivity index (χ2v) is 6.82. The lowest BCUT2D eigenvalue weighted by Gasteiger charge is -2.08. The summed E-state index contributed by atoms with van der Waals surface area (Å²) in [6.45, 7) is -0.208. The molecule has 0 unspecified atom stereocenters. The molecule has 0 saturated carbocycles. The van der Waals surface area contributed by atoms with E-state index in [0.29, 0.717) is 21.2 Å². The number of ether oxygens (including phenoxy) is 1. The maximum Gasteiger partial charge on any atom is 0.381 e. The summed E-state index contributed by atoms with van der Waals surface area (Å²) >= 11 is 7.38. The lowest BCUT2D eigenvalue weighted by molar-refractivity contribution is -0.389. The van der Waals surface area contributed by atoms with Crippen LogP contribution in [0.5, 0.6) is 0 Å². The highest BCUT2D eigenvalue weighted by molar-refractivity contribution is 7.15. The second-order valence-electron chi connectivity index (χ2n) is 5.53. The van der Waals surface area contributed by atoms with Crippen LogP contribution in [-0.4, -0.2) is 33.5 Å². The number of amides is 1. The molecule has 1 amide bonds. The number of thiophene rings is 1. The van der Waals surface area contributed by atoms with Crippen LogP contribution in [0.1, 0.15) is 10.4 Å². The van der Waals surface area contributed by atoms with Gasteiger partial charge in [0.05, 0.1) is 7.11 Å². The van der Waals surface area contributed by atoms with E-state index in [9.17, 15) is 19.7 Å². The van der Waals surface area contributed by atoms with E-state index in [-0.39, 0.29) is 17.9 Å². The number of hydrogen-bond donors (Lipinski definition) is 1. The van der Waals surface area contributed by atoms with E-state index in [4.69, 9.17) is 16.3 Å². The van der Waals surface area contributed by atoms with Crippen LogP contribution in [0.15, 0.2) is 42.2 Å². The fraction of sp³-hybridized carbons (Fsp3) is 0.118. The number of hydrogen-bond acceptors (Lipinski definition) is 7. The van der Waals surface area contributed by atoms with Gasteiger partial charge in [-0.15, -0.1) is 11.3 Å². The summed E-state index contributed by atoms with van der Waals surface area (Å²) in [5, 5.41) is 15.8. The smallest absolute Gasteiger partial charge is 0.381 e. The first-order valence-electron chi connectivity index (χ1n) is 7.81. The van der Waals surface area contributed by atoms with Crippen LogP contribution in [0.3, 0.4) is 0 Å². The second kappa shape index (κ2) is 8.19. The molecule has 28 heavy (non-hydrogen) atoms. The number of imidazole rings is 1. The molecular weight excluding hydrogens is 408 g/mol. The average molecular weight is 421 g/mol. The topological polar surface area (TPSA) is 116 Å². The Morgan fingerprint density at radius 2 is 2.11 bits per heavy atom. The quantitative estimate of drug-likeness (QED) is 0.370. The summed E-state index contributed by atoms with van der Waals surface area (Å²) in [5.74, 6) is -1.46. The molecule has 3 rings (SSSR count). The molecule has 0 spiro atoms. The molecule has 2 aromatic heterocycles. The molecule has 0 aliphatic carbocycles. The van der Waals surface area contributed by atoms with E-state index in [1.54, 1.807) is 29.6 Å². The number of methoxy groups -OCH3 is 1. The molecule has 2 heterocycles. The van der Waals surface area contributed by atoms with Gasteiger partial charge in [-0.25, -0.2) is 4.79 Å². The van der Waals surface area contributed by atoms with Crippen LogP contribution in [-0.2, 0) is 16.1 Å². The van der Waals surface area contributed by atoms with Gasteiger partial charge in [0.25, 0.3) is 0 Å². The number of esters is 1. The zero-order valence-electron chi connectivity index (χ0n) is 14.4. The molecule has 11 heteroatoms. The van der Waals surface area contributed by atoms with E-state index in [2.05, 4.69) is 10.3 Å². The van der Waals surface area contributed by atoms with Crippen molar-refractivity contribution in [2.24, 2.45) is 0 Å². The van der Waals surface area contributed by atoms with Gasteiger partial charge in [0.2, 0.25) is 12.2 Å². The van der Waals surface area contributed by atoms with Gasteiger partial charge < -0.3 is 24.7 Å². The minimum atomic E-state index is -0.654. The summed E-state index contributed by atoms with van der Waals surface area (Å²) in [6, 6.07) is 7.00. The minimum absolute atomic E-state index is 0.186. The maximum atomic E-state index is 12.3. The molecule has 3 aromatic rings. The third-order valence-corrected chi connectivity index (χ3v) is 4.96. The van der Waals surface area contributed by atoms with E-state index >= 15 is 0 Å². The highest BCUT2D eigenvalue weighted by Gasteiger charge is 2.23. The molecule has 144 valence electrons. The normalized spacial score (nSPS) is 10.5. The van der Waals surface area contributed by atoms with Gasteiger partial charge in [0, 0.05) is 21.5 Å².